The molecule has 128 valence electrons. The Hall–Kier alpha value is -2.14. The van der Waals surface area contributed by atoms with Crippen LogP contribution in [0, 0.1) is 13.8 Å². The summed E-state index contributed by atoms with van der Waals surface area (Å²) in [4.78, 5) is 10.9. The zero-order valence-corrected chi connectivity index (χ0v) is 14.7. The highest BCUT2D eigenvalue weighted by Gasteiger charge is 2.20. The zero-order chi connectivity index (χ0) is 16.9. The predicted molar refractivity (Wildman–Crippen MR) is 94.9 cm³/mol. The molecule has 24 heavy (non-hydrogen) atoms. The molecule has 0 amide bonds. The molecule has 0 aliphatic carbocycles. The van der Waals surface area contributed by atoms with Gasteiger partial charge in [-0.1, -0.05) is 12.1 Å². The minimum atomic E-state index is 0.395. The highest BCUT2D eigenvalue weighted by atomic mass is 16.5. The van der Waals surface area contributed by atoms with Gasteiger partial charge in [-0.3, -0.25) is 0 Å². The van der Waals surface area contributed by atoms with Crippen molar-refractivity contribution in [2.45, 2.75) is 26.2 Å². The van der Waals surface area contributed by atoms with Gasteiger partial charge in [-0.05, 0) is 37.5 Å². The highest BCUT2D eigenvalue weighted by Crippen LogP contribution is 2.25. The Balaban J connectivity index is 1.57. The lowest BCUT2D eigenvalue weighted by Crippen LogP contribution is -2.25. The molecule has 1 saturated heterocycles. The number of likely N-dealkylation sites (N-methyl/N-ethyl adjacent to an activating group) is 1. The van der Waals surface area contributed by atoms with Crippen molar-refractivity contribution < 1.29 is 9.47 Å². The standard InChI is InChI=1S/C19H25N3O2/c1-14-4-5-15(2)18(10-14)24-9-7-22(3)19-11-17(20-13-21-19)16-6-8-23-12-16/h4-5,10-11,13,16H,6-9,12H2,1-3H3. The number of benzene rings is 1. The molecule has 1 unspecified atom stereocenters. The van der Waals surface area contributed by atoms with Crippen LogP contribution in [0.4, 0.5) is 5.82 Å². The minimum Gasteiger partial charge on any atom is -0.491 e. The molecule has 0 radical (unpaired) electrons. The monoisotopic (exact) mass is 327 g/mol. The van der Waals surface area contributed by atoms with E-state index in [1.165, 1.54) is 5.56 Å². The fourth-order valence-corrected chi connectivity index (χ4v) is 2.83. The van der Waals surface area contributed by atoms with Crippen LogP contribution in [0.5, 0.6) is 5.75 Å². The van der Waals surface area contributed by atoms with E-state index in [1.54, 1.807) is 6.33 Å². The van der Waals surface area contributed by atoms with Crippen LogP contribution >= 0.6 is 0 Å². The Kier molecular flexibility index (Phi) is 5.30. The average Bonchev–Trinajstić information content (AvgIpc) is 3.12. The second kappa shape index (κ2) is 7.62. The lowest BCUT2D eigenvalue weighted by Gasteiger charge is -2.20. The van der Waals surface area contributed by atoms with Gasteiger partial charge in [0.05, 0.1) is 18.8 Å². The SMILES string of the molecule is Cc1ccc(C)c(OCCN(C)c2cc(C3CCOC3)ncn2)c1. The van der Waals surface area contributed by atoms with Crippen molar-refractivity contribution in [1.29, 1.82) is 0 Å². The first-order chi connectivity index (χ1) is 11.6. The molecule has 0 bridgehead atoms. The predicted octanol–water partition coefficient (Wildman–Crippen LogP) is 3.11. The quantitative estimate of drug-likeness (QED) is 0.816. The van der Waals surface area contributed by atoms with Gasteiger partial charge in [-0.2, -0.15) is 0 Å². The van der Waals surface area contributed by atoms with Gasteiger partial charge in [0, 0.05) is 25.6 Å². The van der Waals surface area contributed by atoms with Crippen molar-refractivity contribution in [3.63, 3.8) is 0 Å². The van der Waals surface area contributed by atoms with Gasteiger partial charge in [-0.25, -0.2) is 9.97 Å². The number of hydrogen-bond acceptors (Lipinski definition) is 5. The molecular formula is C19H25N3O2. The summed E-state index contributed by atoms with van der Waals surface area (Å²) in [5.41, 5.74) is 3.44. The van der Waals surface area contributed by atoms with Gasteiger partial charge in [0.15, 0.2) is 0 Å². The second-order valence-electron chi connectivity index (χ2n) is 6.40. The second-order valence-corrected chi connectivity index (χ2v) is 6.40. The Morgan fingerprint density at radius 1 is 1.25 bits per heavy atom. The first-order valence-corrected chi connectivity index (χ1v) is 8.44. The van der Waals surface area contributed by atoms with E-state index < -0.39 is 0 Å². The third-order valence-corrected chi connectivity index (χ3v) is 4.44. The van der Waals surface area contributed by atoms with Crippen molar-refractivity contribution in [2.75, 3.05) is 38.3 Å². The van der Waals surface area contributed by atoms with Crippen LogP contribution in [0.3, 0.4) is 0 Å². The number of anilines is 1. The summed E-state index contributed by atoms with van der Waals surface area (Å²) in [5.74, 6) is 2.28. The molecular weight excluding hydrogens is 302 g/mol. The van der Waals surface area contributed by atoms with Crippen molar-refractivity contribution in [3.05, 3.63) is 47.4 Å². The molecule has 1 aliphatic heterocycles. The van der Waals surface area contributed by atoms with Crippen molar-refractivity contribution >= 4 is 5.82 Å². The summed E-state index contributed by atoms with van der Waals surface area (Å²) in [6.45, 7) is 7.11. The average molecular weight is 327 g/mol. The number of aryl methyl sites for hydroxylation is 2. The highest BCUT2D eigenvalue weighted by molar-refractivity contribution is 5.39. The molecule has 1 aromatic heterocycles. The molecule has 5 nitrogen and oxygen atoms in total. The fourth-order valence-electron chi connectivity index (χ4n) is 2.83. The molecule has 1 aliphatic rings. The third-order valence-electron chi connectivity index (χ3n) is 4.44. The maximum Gasteiger partial charge on any atom is 0.132 e. The van der Waals surface area contributed by atoms with E-state index in [2.05, 4.69) is 53.0 Å². The molecule has 0 saturated carbocycles. The summed E-state index contributed by atoms with van der Waals surface area (Å²) in [6, 6.07) is 8.34. The fraction of sp³-hybridized carbons (Fsp3) is 0.474. The van der Waals surface area contributed by atoms with E-state index >= 15 is 0 Å². The van der Waals surface area contributed by atoms with Crippen LogP contribution in [-0.4, -0.2) is 43.4 Å². The van der Waals surface area contributed by atoms with E-state index in [0.29, 0.717) is 12.5 Å². The summed E-state index contributed by atoms with van der Waals surface area (Å²) < 4.78 is 11.4. The summed E-state index contributed by atoms with van der Waals surface area (Å²) >= 11 is 0. The first-order valence-electron chi connectivity index (χ1n) is 8.44. The van der Waals surface area contributed by atoms with Crippen LogP contribution in [0.25, 0.3) is 0 Å². The molecule has 0 N–H and O–H groups in total. The maximum absolute atomic E-state index is 5.93. The summed E-state index contributed by atoms with van der Waals surface area (Å²) in [6.07, 6.45) is 2.68. The van der Waals surface area contributed by atoms with Gasteiger partial charge in [-0.15, -0.1) is 0 Å². The van der Waals surface area contributed by atoms with Crippen LogP contribution in [0.2, 0.25) is 0 Å². The van der Waals surface area contributed by atoms with E-state index in [0.717, 1.165) is 49.0 Å². The van der Waals surface area contributed by atoms with Gasteiger partial charge < -0.3 is 14.4 Å². The Labute approximate surface area is 143 Å². The smallest absolute Gasteiger partial charge is 0.132 e. The van der Waals surface area contributed by atoms with Crippen molar-refractivity contribution in [3.8, 4) is 5.75 Å². The molecule has 2 heterocycles. The third kappa shape index (κ3) is 4.03. The van der Waals surface area contributed by atoms with E-state index in [4.69, 9.17) is 9.47 Å². The number of nitrogens with zero attached hydrogens (tertiary/aromatic N) is 3. The lowest BCUT2D eigenvalue weighted by molar-refractivity contribution is 0.193. The molecule has 1 atom stereocenters. The number of aromatic nitrogens is 2. The zero-order valence-electron chi connectivity index (χ0n) is 14.7. The van der Waals surface area contributed by atoms with Crippen LogP contribution in [0.15, 0.2) is 30.6 Å². The molecule has 5 heteroatoms. The molecule has 1 fully saturated rings. The van der Waals surface area contributed by atoms with Gasteiger partial charge in [0.1, 0.15) is 24.5 Å². The van der Waals surface area contributed by atoms with Gasteiger partial charge in [0.25, 0.3) is 0 Å². The van der Waals surface area contributed by atoms with Crippen LogP contribution in [-0.2, 0) is 4.74 Å². The normalized spacial score (nSPS) is 17.0. The van der Waals surface area contributed by atoms with E-state index in [-0.39, 0.29) is 0 Å². The minimum absolute atomic E-state index is 0.395. The van der Waals surface area contributed by atoms with E-state index in [1.807, 2.05) is 7.05 Å². The van der Waals surface area contributed by atoms with Crippen molar-refractivity contribution in [1.82, 2.24) is 9.97 Å². The van der Waals surface area contributed by atoms with Crippen LogP contribution < -0.4 is 9.64 Å². The molecule has 1 aromatic carbocycles. The topological polar surface area (TPSA) is 47.5 Å². The first kappa shape index (κ1) is 16.7. The van der Waals surface area contributed by atoms with Gasteiger partial charge in [0.2, 0.25) is 0 Å². The summed E-state index contributed by atoms with van der Waals surface area (Å²) in [7, 11) is 2.03. The van der Waals surface area contributed by atoms with Crippen LogP contribution in [0.1, 0.15) is 29.2 Å². The largest absolute Gasteiger partial charge is 0.491 e. The van der Waals surface area contributed by atoms with E-state index in [9.17, 15) is 0 Å². The number of ether oxygens (including phenoxy) is 2. The Bertz CT molecular complexity index is 684. The molecule has 3 rings (SSSR count). The van der Waals surface area contributed by atoms with Crippen molar-refractivity contribution in [2.24, 2.45) is 0 Å². The Morgan fingerprint density at radius 2 is 2.12 bits per heavy atom. The lowest BCUT2D eigenvalue weighted by atomic mass is 10.0. The molecule has 0 spiro atoms. The summed E-state index contributed by atoms with van der Waals surface area (Å²) in [5, 5.41) is 0. The number of hydrogen-bond donors (Lipinski definition) is 0. The number of rotatable bonds is 6. The maximum atomic E-state index is 5.93. The van der Waals surface area contributed by atoms with Gasteiger partial charge >= 0.3 is 0 Å². The molecule has 2 aromatic rings. The Morgan fingerprint density at radius 3 is 2.92 bits per heavy atom.